The molecule has 1 aromatic carbocycles. The van der Waals surface area contributed by atoms with Gasteiger partial charge in [0.1, 0.15) is 0 Å². The number of rotatable bonds is 3. The van der Waals surface area contributed by atoms with Crippen molar-refractivity contribution in [3.8, 4) is 5.69 Å². The number of hydrogen-bond acceptors (Lipinski definition) is 3. The minimum Gasteiger partial charge on any atom is -0.329 e. The molecule has 0 saturated heterocycles. The summed E-state index contributed by atoms with van der Waals surface area (Å²) in [6, 6.07) is 9.88. The Morgan fingerprint density at radius 1 is 1.24 bits per heavy atom. The molecule has 4 N–H and O–H groups in total. The van der Waals surface area contributed by atoms with Gasteiger partial charge in [0.15, 0.2) is 0 Å². The van der Waals surface area contributed by atoms with Gasteiger partial charge < -0.3 is 11.5 Å². The average Bonchev–Trinajstić information content (AvgIpc) is 2.65. The zero-order valence-corrected chi connectivity index (χ0v) is 10.2. The molecule has 0 aliphatic carbocycles. The van der Waals surface area contributed by atoms with Gasteiger partial charge in [-0.05, 0) is 26.0 Å². The molecule has 0 aliphatic rings. The van der Waals surface area contributed by atoms with Crippen molar-refractivity contribution in [3.05, 3.63) is 47.3 Å². The number of aromatic nitrogens is 2. The van der Waals surface area contributed by atoms with E-state index in [-0.39, 0.29) is 6.04 Å². The van der Waals surface area contributed by atoms with Crippen LogP contribution in [0, 0.1) is 13.8 Å². The summed E-state index contributed by atoms with van der Waals surface area (Å²) in [5, 5.41) is 4.53. The van der Waals surface area contributed by atoms with Gasteiger partial charge in [0.2, 0.25) is 0 Å². The maximum atomic E-state index is 6.01. The minimum atomic E-state index is -0.146. The Labute approximate surface area is 101 Å². The first kappa shape index (κ1) is 11.8. The minimum absolute atomic E-state index is 0.146. The van der Waals surface area contributed by atoms with Crippen molar-refractivity contribution in [2.24, 2.45) is 11.5 Å². The Bertz CT molecular complexity index is 502. The van der Waals surface area contributed by atoms with Crippen LogP contribution >= 0.6 is 0 Å². The first-order chi connectivity index (χ1) is 8.15. The van der Waals surface area contributed by atoms with Gasteiger partial charge >= 0.3 is 0 Å². The van der Waals surface area contributed by atoms with Crippen LogP contribution in [-0.2, 0) is 0 Å². The van der Waals surface area contributed by atoms with Gasteiger partial charge in [0.05, 0.1) is 11.4 Å². The van der Waals surface area contributed by atoms with Crippen molar-refractivity contribution in [3.63, 3.8) is 0 Å². The third-order valence-corrected chi connectivity index (χ3v) is 2.97. The summed E-state index contributed by atoms with van der Waals surface area (Å²) in [7, 11) is 0. The summed E-state index contributed by atoms with van der Waals surface area (Å²) in [5.41, 5.74) is 15.7. The molecule has 4 nitrogen and oxygen atoms in total. The van der Waals surface area contributed by atoms with E-state index >= 15 is 0 Å². The zero-order chi connectivity index (χ0) is 12.4. The molecule has 2 aromatic rings. The van der Waals surface area contributed by atoms with Crippen molar-refractivity contribution in [2.45, 2.75) is 19.9 Å². The molecule has 0 saturated carbocycles. The molecule has 1 atom stereocenters. The van der Waals surface area contributed by atoms with E-state index in [9.17, 15) is 0 Å². The van der Waals surface area contributed by atoms with E-state index in [0.717, 1.165) is 22.6 Å². The van der Waals surface area contributed by atoms with Gasteiger partial charge in [-0.25, -0.2) is 4.68 Å². The fraction of sp³-hybridized carbons (Fsp3) is 0.308. The Morgan fingerprint density at radius 2 is 1.88 bits per heavy atom. The molecule has 1 aromatic heterocycles. The highest BCUT2D eigenvalue weighted by molar-refractivity contribution is 5.38. The summed E-state index contributed by atoms with van der Waals surface area (Å²) in [6.45, 7) is 4.43. The second kappa shape index (κ2) is 4.69. The number of para-hydroxylation sites is 1. The van der Waals surface area contributed by atoms with Crippen molar-refractivity contribution >= 4 is 0 Å². The number of benzene rings is 1. The van der Waals surface area contributed by atoms with E-state index in [1.807, 2.05) is 48.9 Å². The highest BCUT2D eigenvalue weighted by atomic mass is 15.3. The second-order valence-corrected chi connectivity index (χ2v) is 4.17. The zero-order valence-electron chi connectivity index (χ0n) is 10.2. The highest BCUT2D eigenvalue weighted by Crippen LogP contribution is 2.21. The third kappa shape index (κ3) is 2.09. The van der Waals surface area contributed by atoms with E-state index in [1.54, 1.807) is 0 Å². The summed E-state index contributed by atoms with van der Waals surface area (Å²) < 4.78 is 1.92. The molecular weight excluding hydrogens is 212 g/mol. The number of hydrogen-bond donors (Lipinski definition) is 2. The summed E-state index contributed by atoms with van der Waals surface area (Å²) in [5.74, 6) is 0. The van der Waals surface area contributed by atoms with Crippen LogP contribution in [0.5, 0.6) is 0 Å². The van der Waals surface area contributed by atoms with Crippen molar-refractivity contribution in [2.75, 3.05) is 6.54 Å². The van der Waals surface area contributed by atoms with Crippen LogP contribution in [0.2, 0.25) is 0 Å². The summed E-state index contributed by atoms with van der Waals surface area (Å²) in [4.78, 5) is 0. The molecule has 1 unspecified atom stereocenters. The van der Waals surface area contributed by atoms with Crippen LogP contribution in [0.4, 0.5) is 0 Å². The Balaban J connectivity index is 2.52. The van der Waals surface area contributed by atoms with Crippen LogP contribution in [-0.4, -0.2) is 16.3 Å². The highest BCUT2D eigenvalue weighted by Gasteiger charge is 2.17. The van der Waals surface area contributed by atoms with Crippen LogP contribution in [0.15, 0.2) is 30.3 Å². The van der Waals surface area contributed by atoms with E-state index < -0.39 is 0 Å². The quantitative estimate of drug-likeness (QED) is 0.838. The molecule has 17 heavy (non-hydrogen) atoms. The van der Waals surface area contributed by atoms with Gasteiger partial charge in [-0.2, -0.15) is 5.10 Å². The monoisotopic (exact) mass is 230 g/mol. The molecule has 0 aliphatic heterocycles. The number of aryl methyl sites for hydroxylation is 1. The maximum absolute atomic E-state index is 6.01. The lowest BCUT2D eigenvalue weighted by molar-refractivity contribution is 0.724. The fourth-order valence-electron chi connectivity index (χ4n) is 2.13. The third-order valence-electron chi connectivity index (χ3n) is 2.97. The molecule has 0 amide bonds. The van der Waals surface area contributed by atoms with Crippen LogP contribution < -0.4 is 11.5 Å². The van der Waals surface area contributed by atoms with E-state index in [1.165, 1.54) is 0 Å². The molecule has 0 bridgehead atoms. The van der Waals surface area contributed by atoms with Crippen molar-refractivity contribution < 1.29 is 0 Å². The Kier molecular flexibility index (Phi) is 3.26. The van der Waals surface area contributed by atoms with Gasteiger partial charge in [-0.1, -0.05) is 18.2 Å². The molecule has 90 valence electrons. The smallest absolute Gasteiger partial charge is 0.0649 e. The molecule has 4 heteroatoms. The first-order valence-corrected chi connectivity index (χ1v) is 5.72. The van der Waals surface area contributed by atoms with Gasteiger partial charge in [0, 0.05) is 23.8 Å². The van der Waals surface area contributed by atoms with E-state index in [2.05, 4.69) is 5.10 Å². The van der Waals surface area contributed by atoms with Crippen LogP contribution in [0.1, 0.15) is 23.0 Å². The molecular formula is C13H18N4. The van der Waals surface area contributed by atoms with Crippen molar-refractivity contribution in [1.82, 2.24) is 9.78 Å². The SMILES string of the molecule is Cc1nn(-c2ccccc2)c(C)c1C(N)CN. The van der Waals surface area contributed by atoms with E-state index in [4.69, 9.17) is 11.5 Å². The Hall–Kier alpha value is -1.65. The standard InChI is InChI=1S/C13H18N4/c1-9-13(12(15)8-14)10(2)17(16-9)11-6-4-3-5-7-11/h3-7,12H,8,14-15H2,1-2H3. The van der Waals surface area contributed by atoms with Crippen molar-refractivity contribution in [1.29, 1.82) is 0 Å². The lowest BCUT2D eigenvalue weighted by atomic mass is 10.1. The second-order valence-electron chi connectivity index (χ2n) is 4.17. The van der Waals surface area contributed by atoms with E-state index in [0.29, 0.717) is 6.54 Å². The maximum Gasteiger partial charge on any atom is 0.0649 e. The van der Waals surface area contributed by atoms with Gasteiger partial charge in [-0.3, -0.25) is 0 Å². The molecule has 2 rings (SSSR count). The van der Waals surface area contributed by atoms with Crippen LogP contribution in [0.25, 0.3) is 5.69 Å². The lowest BCUT2D eigenvalue weighted by Crippen LogP contribution is -2.22. The summed E-state index contributed by atoms with van der Waals surface area (Å²) in [6.07, 6.45) is 0. The lowest BCUT2D eigenvalue weighted by Gasteiger charge is -2.10. The first-order valence-electron chi connectivity index (χ1n) is 5.72. The summed E-state index contributed by atoms with van der Waals surface area (Å²) >= 11 is 0. The predicted octanol–water partition coefficient (Wildman–Crippen LogP) is 1.45. The molecule has 0 fully saturated rings. The normalized spacial score (nSPS) is 12.7. The largest absolute Gasteiger partial charge is 0.329 e. The average molecular weight is 230 g/mol. The predicted molar refractivity (Wildman–Crippen MR) is 69.0 cm³/mol. The molecule has 0 radical (unpaired) electrons. The van der Waals surface area contributed by atoms with Crippen LogP contribution in [0.3, 0.4) is 0 Å². The number of nitrogens with two attached hydrogens (primary N) is 2. The number of nitrogens with zero attached hydrogens (tertiary/aromatic N) is 2. The molecule has 1 heterocycles. The van der Waals surface area contributed by atoms with Gasteiger partial charge in [0.25, 0.3) is 0 Å². The topological polar surface area (TPSA) is 69.9 Å². The van der Waals surface area contributed by atoms with Gasteiger partial charge in [-0.15, -0.1) is 0 Å². The molecule has 0 spiro atoms. The fourth-order valence-corrected chi connectivity index (χ4v) is 2.13. The Morgan fingerprint density at radius 3 is 2.47 bits per heavy atom.